The number of hydrogen-bond acceptors (Lipinski definition) is 5. The number of nitrogens with one attached hydrogen (secondary N) is 1. The molecule has 5 nitrogen and oxygen atoms in total. The molecule has 2 aliphatic rings. The fourth-order valence-corrected chi connectivity index (χ4v) is 4.03. The van der Waals surface area contributed by atoms with Crippen LogP contribution in [-0.2, 0) is 10.8 Å². The molecule has 0 amide bonds. The topological polar surface area (TPSA) is 64.6 Å². The van der Waals surface area contributed by atoms with Crippen LogP contribution in [0.3, 0.4) is 0 Å². The molecule has 2 atom stereocenters. The van der Waals surface area contributed by atoms with Crippen LogP contribution in [0.5, 0.6) is 5.75 Å². The molecule has 23 heavy (non-hydrogen) atoms. The molecule has 1 aromatic rings. The summed E-state index contributed by atoms with van der Waals surface area (Å²) in [6.45, 7) is -1.70. The Bertz CT molecular complexity index is 726. The van der Waals surface area contributed by atoms with Crippen molar-refractivity contribution in [1.82, 2.24) is 5.32 Å². The Morgan fingerprint density at radius 1 is 1.52 bits per heavy atom. The Balaban J connectivity index is 2.27. The number of halogens is 4. The van der Waals surface area contributed by atoms with Crippen molar-refractivity contribution >= 4 is 16.5 Å². The molecule has 0 saturated carbocycles. The molecule has 0 saturated heterocycles. The molecule has 1 aromatic carbocycles. The minimum absolute atomic E-state index is 0.0239. The molecule has 2 heterocycles. The predicted octanol–water partition coefficient (Wildman–Crippen LogP) is 2.86. The maximum atomic E-state index is 14.0. The molecule has 3 rings (SSSR count). The standard InChI is InChI=1S/C13H11F4N2O3S/c1-2-5-8-7(19(20)12-10(5)18-4-23(12)21)3-6(14)9(15)11(8)22-13(16)17/h3,5,13,18H,2,4H2,1H3/q-1. The second-order valence-electron chi connectivity index (χ2n) is 4.95. The van der Waals surface area contributed by atoms with Crippen molar-refractivity contribution in [2.24, 2.45) is 0 Å². The van der Waals surface area contributed by atoms with Crippen LogP contribution in [0.2, 0.25) is 0 Å². The molecule has 1 N–H and O–H groups in total. The van der Waals surface area contributed by atoms with Crippen LogP contribution in [0, 0.1) is 16.8 Å². The Morgan fingerprint density at radius 2 is 2.22 bits per heavy atom. The summed E-state index contributed by atoms with van der Waals surface area (Å²) in [5, 5.41) is 15.2. The number of hydrogen-bond donors (Lipinski definition) is 1. The summed E-state index contributed by atoms with van der Waals surface area (Å²) in [6, 6.07) is 0.609. The van der Waals surface area contributed by atoms with Gasteiger partial charge in [0.25, 0.3) is 0 Å². The quantitative estimate of drug-likeness (QED) is 0.849. The Hall–Kier alpha value is -1.81. The van der Waals surface area contributed by atoms with Gasteiger partial charge in [0, 0.05) is 23.2 Å². The Morgan fingerprint density at radius 3 is 2.83 bits per heavy atom. The lowest BCUT2D eigenvalue weighted by Gasteiger charge is -2.40. The van der Waals surface area contributed by atoms with Crippen molar-refractivity contribution < 1.29 is 26.5 Å². The predicted molar refractivity (Wildman–Crippen MR) is 75.0 cm³/mol. The van der Waals surface area contributed by atoms with E-state index in [2.05, 4.69) is 10.1 Å². The van der Waals surface area contributed by atoms with Gasteiger partial charge in [0.1, 0.15) is 5.03 Å². The Kier molecular flexibility index (Phi) is 3.96. The van der Waals surface area contributed by atoms with Crippen molar-refractivity contribution in [3.63, 3.8) is 0 Å². The first-order valence-electron chi connectivity index (χ1n) is 6.67. The maximum Gasteiger partial charge on any atom is 0.387 e. The number of hydroxylamine groups is 1. The van der Waals surface area contributed by atoms with Gasteiger partial charge < -0.3 is 20.3 Å². The normalized spacial score (nSPS) is 23.0. The van der Waals surface area contributed by atoms with Gasteiger partial charge in [-0.1, -0.05) is 6.92 Å². The first-order valence-corrected chi connectivity index (χ1v) is 7.99. The molecule has 0 fully saturated rings. The average Bonchev–Trinajstić information content (AvgIpc) is 2.87. The molecule has 2 unspecified atom stereocenters. The first kappa shape index (κ1) is 16.1. The van der Waals surface area contributed by atoms with Crippen LogP contribution in [0.1, 0.15) is 24.8 Å². The van der Waals surface area contributed by atoms with E-state index in [0.29, 0.717) is 6.07 Å². The summed E-state index contributed by atoms with van der Waals surface area (Å²) >= 11 is 0. The molecule has 0 aromatic heterocycles. The average molecular weight is 351 g/mol. The second-order valence-corrected chi connectivity index (χ2v) is 6.32. The van der Waals surface area contributed by atoms with Crippen molar-refractivity contribution in [2.75, 3.05) is 10.9 Å². The van der Waals surface area contributed by atoms with Crippen LogP contribution < -0.4 is 15.1 Å². The van der Waals surface area contributed by atoms with E-state index in [1.165, 1.54) is 0 Å². The van der Waals surface area contributed by atoms with E-state index in [9.17, 15) is 27.0 Å². The number of rotatable bonds is 3. The summed E-state index contributed by atoms with van der Waals surface area (Å²) < 4.78 is 68.9. The fourth-order valence-electron chi connectivity index (χ4n) is 2.86. The molecule has 0 bridgehead atoms. The van der Waals surface area contributed by atoms with E-state index in [0.717, 1.165) is 0 Å². The van der Waals surface area contributed by atoms with Crippen LogP contribution in [0.15, 0.2) is 16.8 Å². The number of benzene rings is 1. The zero-order valence-corrected chi connectivity index (χ0v) is 12.6. The van der Waals surface area contributed by atoms with E-state index in [1.54, 1.807) is 6.92 Å². The van der Waals surface area contributed by atoms with Gasteiger partial charge >= 0.3 is 6.61 Å². The smallest absolute Gasteiger partial charge is 0.387 e. The molecule has 2 aliphatic heterocycles. The van der Waals surface area contributed by atoms with Crippen LogP contribution in [0.25, 0.3) is 0 Å². The third-order valence-corrected chi connectivity index (χ3v) is 4.97. The molecule has 0 radical (unpaired) electrons. The molecule has 126 valence electrons. The van der Waals surface area contributed by atoms with Gasteiger partial charge in [-0.05, 0) is 6.42 Å². The van der Waals surface area contributed by atoms with Gasteiger partial charge in [-0.3, -0.25) is 4.21 Å². The van der Waals surface area contributed by atoms with Crippen LogP contribution in [-0.4, -0.2) is 16.7 Å². The van der Waals surface area contributed by atoms with Gasteiger partial charge in [-0.2, -0.15) is 13.2 Å². The SMILES string of the molecule is CCC1C2=C(N([O-])c3cc(F)c(F)c(OC(F)F)c31)S(=O)CN2. The van der Waals surface area contributed by atoms with Crippen molar-refractivity contribution in [3.8, 4) is 5.75 Å². The summed E-state index contributed by atoms with van der Waals surface area (Å²) in [5.74, 6) is -4.81. The number of fused-ring (bicyclic) bond motifs is 1. The van der Waals surface area contributed by atoms with Gasteiger partial charge in [0.15, 0.2) is 11.6 Å². The minimum Gasteiger partial charge on any atom is -0.753 e. The fraction of sp³-hybridized carbons (Fsp3) is 0.385. The lowest BCUT2D eigenvalue weighted by molar-refractivity contribution is -0.0532. The third kappa shape index (κ3) is 2.36. The lowest BCUT2D eigenvalue weighted by atomic mass is 9.88. The summed E-state index contributed by atoms with van der Waals surface area (Å²) in [7, 11) is -1.65. The van der Waals surface area contributed by atoms with E-state index >= 15 is 0 Å². The molecular formula is C13H11F4N2O3S-. The third-order valence-electron chi connectivity index (χ3n) is 3.75. The molecule has 0 spiro atoms. The van der Waals surface area contributed by atoms with Gasteiger partial charge in [0.05, 0.1) is 22.4 Å². The largest absolute Gasteiger partial charge is 0.753 e. The minimum atomic E-state index is -3.38. The van der Waals surface area contributed by atoms with E-state index < -0.39 is 40.7 Å². The van der Waals surface area contributed by atoms with Gasteiger partial charge in [-0.25, -0.2) is 4.39 Å². The van der Waals surface area contributed by atoms with Gasteiger partial charge in [-0.15, -0.1) is 0 Å². The number of allylic oxidation sites excluding steroid dienone is 1. The lowest BCUT2D eigenvalue weighted by Crippen LogP contribution is -2.28. The highest BCUT2D eigenvalue weighted by Crippen LogP contribution is 2.49. The highest BCUT2D eigenvalue weighted by molar-refractivity contribution is 7.89. The van der Waals surface area contributed by atoms with Crippen molar-refractivity contribution in [1.29, 1.82) is 0 Å². The van der Waals surface area contributed by atoms with Gasteiger partial charge in [0.2, 0.25) is 5.82 Å². The van der Waals surface area contributed by atoms with E-state index in [4.69, 9.17) is 0 Å². The maximum absolute atomic E-state index is 14.0. The Labute approximate surface area is 130 Å². The van der Waals surface area contributed by atoms with Crippen molar-refractivity contribution in [3.05, 3.63) is 39.2 Å². The zero-order chi connectivity index (χ0) is 16.9. The first-order chi connectivity index (χ1) is 10.9. The van der Waals surface area contributed by atoms with Crippen LogP contribution in [0.4, 0.5) is 23.2 Å². The van der Waals surface area contributed by atoms with E-state index in [-0.39, 0.29) is 39.3 Å². The van der Waals surface area contributed by atoms with Crippen molar-refractivity contribution in [2.45, 2.75) is 25.9 Å². The molecular weight excluding hydrogens is 340 g/mol. The van der Waals surface area contributed by atoms with Crippen LogP contribution >= 0.6 is 0 Å². The number of anilines is 1. The highest BCUT2D eigenvalue weighted by atomic mass is 32.2. The zero-order valence-electron chi connectivity index (χ0n) is 11.7. The highest BCUT2D eigenvalue weighted by Gasteiger charge is 2.39. The number of alkyl halides is 2. The summed E-state index contributed by atoms with van der Waals surface area (Å²) in [6.07, 6.45) is 0.286. The monoisotopic (exact) mass is 351 g/mol. The summed E-state index contributed by atoms with van der Waals surface area (Å²) in [4.78, 5) is 0. The number of ether oxygens (including phenoxy) is 1. The molecule has 0 aliphatic carbocycles. The summed E-state index contributed by atoms with van der Waals surface area (Å²) in [5.41, 5.74) is -0.285. The second kappa shape index (κ2) is 5.68. The number of nitrogens with zero attached hydrogens (tertiary/aromatic N) is 1. The van der Waals surface area contributed by atoms with E-state index in [1.807, 2.05) is 0 Å². The molecule has 10 heteroatoms.